The summed E-state index contributed by atoms with van der Waals surface area (Å²) >= 11 is 12.0. The molecule has 32 heavy (non-hydrogen) atoms. The Kier molecular flexibility index (Phi) is 5.25. The molecule has 0 radical (unpaired) electrons. The lowest BCUT2D eigenvalue weighted by atomic mass is 9.38. The number of nitrogens with one attached hydrogen (secondary N) is 2. The molecule has 3 saturated carbocycles. The number of carbonyl (C=O) groups excluding carboxylic acids is 2. The Morgan fingerprint density at radius 1 is 1.19 bits per heavy atom. The molecule has 0 spiro atoms. The van der Waals surface area contributed by atoms with E-state index < -0.39 is 6.10 Å². The summed E-state index contributed by atoms with van der Waals surface area (Å²) in [6, 6.07) is 10.6. The summed E-state index contributed by atoms with van der Waals surface area (Å²) in [6.45, 7) is 2.34. The molecular formula is C24H24Cl2N2O4. The quantitative estimate of drug-likeness (QED) is 0.615. The molecule has 2 bridgehead atoms. The normalized spacial score (nSPS) is 27.0. The number of benzene rings is 2. The maximum Gasteiger partial charge on any atom is 0.263 e. The van der Waals surface area contributed by atoms with Crippen LogP contribution in [-0.2, 0) is 9.59 Å². The van der Waals surface area contributed by atoms with Gasteiger partial charge in [0.25, 0.3) is 5.91 Å². The summed E-state index contributed by atoms with van der Waals surface area (Å²) in [5, 5.41) is 7.64. The van der Waals surface area contributed by atoms with Crippen molar-refractivity contribution in [2.75, 3.05) is 18.5 Å². The first-order chi connectivity index (χ1) is 15.2. The third kappa shape index (κ3) is 4.02. The summed E-state index contributed by atoms with van der Waals surface area (Å²) < 4.78 is 11.5. The van der Waals surface area contributed by atoms with Gasteiger partial charge in [-0.25, -0.2) is 0 Å². The van der Waals surface area contributed by atoms with Crippen LogP contribution in [-0.4, -0.2) is 36.5 Å². The lowest BCUT2D eigenvalue weighted by molar-refractivity contribution is -0.175. The number of ketones is 1. The molecule has 2 aromatic carbocycles. The van der Waals surface area contributed by atoms with E-state index in [1.807, 2.05) is 13.0 Å². The van der Waals surface area contributed by atoms with Crippen LogP contribution in [0.15, 0.2) is 36.4 Å². The van der Waals surface area contributed by atoms with Crippen LogP contribution >= 0.6 is 23.2 Å². The fraction of sp³-hybridized carbons (Fsp3) is 0.417. The number of halogens is 2. The van der Waals surface area contributed by atoms with E-state index in [1.54, 1.807) is 30.3 Å². The number of fused-ring (bicyclic) bond motifs is 1. The Bertz CT molecular complexity index is 1080. The van der Waals surface area contributed by atoms with Crippen LogP contribution in [0.1, 0.15) is 31.2 Å². The van der Waals surface area contributed by atoms with Gasteiger partial charge in [0.1, 0.15) is 18.1 Å². The number of Topliss-reactive ketones (excluding diaryl/α,β-unsaturated/α-hetero) is 1. The Balaban J connectivity index is 1.08. The van der Waals surface area contributed by atoms with E-state index in [9.17, 15) is 9.59 Å². The van der Waals surface area contributed by atoms with E-state index in [0.29, 0.717) is 34.5 Å². The molecule has 1 atom stereocenters. The van der Waals surface area contributed by atoms with E-state index in [0.717, 1.165) is 30.5 Å². The van der Waals surface area contributed by atoms with Gasteiger partial charge in [-0.1, -0.05) is 23.2 Å². The molecule has 0 unspecified atom stereocenters. The van der Waals surface area contributed by atoms with Crippen LogP contribution < -0.4 is 20.1 Å². The molecule has 2 N–H and O–H groups in total. The first-order valence-electron chi connectivity index (χ1n) is 10.7. The third-order valence-corrected chi connectivity index (χ3v) is 7.27. The molecule has 2 aromatic rings. The molecular weight excluding hydrogens is 451 g/mol. The van der Waals surface area contributed by atoms with Crippen molar-refractivity contribution in [2.24, 2.45) is 5.41 Å². The van der Waals surface area contributed by atoms with Gasteiger partial charge < -0.3 is 20.1 Å². The van der Waals surface area contributed by atoms with Crippen molar-refractivity contribution in [1.29, 1.82) is 0 Å². The number of ether oxygens (including phenoxy) is 2. The van der Waals surface area contributed by atoms with Gasteiger partial charge in [0.15, 0.2) is 11.9 Å². The fourth-order valence-corrected chi connectivity index (χ4v) is 5.58. The molecule has 1 aliphatic heterocycles. The predicted octanol–water partition coefficient (Wildman–Crippen LogP) is 4.55. The number of hydrogen-bond donors (Lipinski definition) is 2. The van der Waals surface area contributed by atoms with Gasteiger partial charge in [0.2, 0.25) is 0 Å². The van der Waals surface area contributed by atoms with E-state index in [2.05, 4.69) is 10.6 Å². The standard InChI is InChI=1S/C24H24Cl2N2O4/c1-14-6-17(3-4-18(14)26)31-10-16(29)8-23-11-24(12-23,13-23)28-22(30)21-9-27-19-7-15(25)2-5-20(19)32-21/h2-7,21,27H,8-13H2,1H3,(H,28,30)/t21-,23?,24?/m0/s1. The average molecular weight is 475 g/mol. The van der Waals surface area contributed by atoms with Gasteiger partial charge in [-0.15, -0.1) is 0 Å². The highest BCUT2D eigenvalue weighted by Gasteiger charge is 2.68. The van der Waals surface area contributed by atoms with Crippen molar-refractivity contribution >= 4 is 40.6 Å². The highest BCUT2D eigenvalue weighted by atomic mass is 35.5. The number of rotatable bonds is 7. The van der Waals surface area contributed by atoms with Crippen LogP contribution in [0.3, 0.4) is 0 Å². The minimum absolute atomic E-state index is 0.00133. The molecule has 168 valence electrons. The molecule has 1 amide bonds. The maximum atomic E-state index is 12.7. The van der Waals surface area contributed by atoms with Crippen LogP contribution in [0.25, 0.3) is 0 Å². The second-order valence-electron chi connectivity index (χ2n) is 9.34. The summed E-state index contributed by atoms with van der Waals surface area (Å²) in [4.78, 5) is 25.2. The van der Waals surface area contributed by atoms with Crippen molar-refractivity contribution in [1.82, 2.24) is 5.32 Å². The number of anilines is 1. The molecule has 3 aliphatic carbocycles. The van der Waals surface area contributed by atoms with E-state index in [-0.39, 0.29) is 29.3 Å². The zero-order chi connectivity index (χ0) is 22.5. The number of amides is 1. The third-order valence-electron chi connectivity index (χ3n) is 6.61. The minimum atomic E-state index is -0.591. The molecule has 0 aromatic heterocycles. The van der Waals surface area contributed by atoms with Crippen LogP contribution in [0.5, 0.6) is 11.5 Å². The smallest absolute Gasteiger partial charge is 0.263 e. The van der Waals surface area contributed by atoms with Gasteiger partial charge in [-0.3, -0.25) is 9.59 Å². The highest BCUT2D eigenvalue weighted by Crippen LogP contribution is 2.69. The topological polar surface area (TPSA) is 76.7 Å². The number of aryl methyl sites for hydroxylation is 1. The SMILES string of the molecule is Cc1cc(OCC(=O)CC23CC(NC(=O)[C@@H]4CNc5cc(Cl)ccc5O4)(C2)C3)ccc1Cl. The minimum Gasteiger partial charge on any atom is -0.486 e. The van der Waals surface area contributed by atoms with Crippen LogP contribution in [0.4, 0.5) is 5.69 Å². The Labute approximate surface area is 196 Å². The van der Waals surface area contributed by atoms with Crippen LogP contribution in [0, 0.1) is 12.3 Å². The second kappa shape index (κ2) is 7.85. The molecule has 8 heteroatoms. The highest BCUT2D eigenvalue weighted by molar-refractivity contribution is 6.31. The average Bonchev–Trinajstić information content (AvgIpc) is 2.71. The summed E-state index contributed by atoms with van der Waals surface area (Å²) in [5.74, 6) is 1.22. The molecule has 3 fully saturated rings. The summed E-state index contributed by atoms with van der Waals surface area (Å²) in [6.07, 6.45) is 2.36. The lowest BCUT2D eigenvalue weighted by Gasteiger charge is -2.70. The molecule has 6 rings (SSSR count). The van der Waals surface area contributed by atoms with Gasteiger partial charge in [-0.2, -0.15) is 0 Å². The zero-order valence-electron chi connectivity index (χ0n) is 17.7. The lowest BCUT2D eigenvalue weighted by Crippen LogP contribution is -2.76. The first kappa shape index (κ1) is 21.4. The van der Waals surface area contributed by atoms with E-state index in [1.165, 1.54) is 0 Å². The van der Waals surface area contributed by atoms with Gasteiger partial charge >= 0.3 is 0 Å². The molecule has 4 aliphatic rings. The van der Waals surface area contributed by atoms with Gasteiger partial charge in [-0.05, 0) is 73.6 Å². The number of carbonyl (C=O) groups is 2. The maximum absolute atomic E-state index is 12.7. The van der Waals surface area contributed by atoms with E-state index >= 15 is 0 Å². The predicted molar refractivity (Wildman–Crippen MR) is 123 cm³/mol. The Morgan fingerprint density at radius 3 is 2.72 bits per heavy atom. The van der Waals surface area contributed by atoms with Crippen molar-refractivity contribution in [3.8, 4) is 11.5 Å². The molecule has 1 heterocycles. The Hall–Kier alpha value is -2.44. The van der Waals surface area contributed by atoms with Gasteiger partial charge in [0, 0.05) is 22.0 Å². The van der Waals surface area contributed by atoms with Crippen molar-refractivity contribution < 1.29 is 19.1 Å². The van der Waals surface area contributed by atoms with Crippen molar-refractivity contribution in [2.45, 2.75) is 44.2 Å². The summed E-state index contributed by atoms with van der Waals surface area (Å²) in [7, 11) is 0. The fourth-order valence-electron chi connectivity index (χ4n) is 5.29. The zero-order valence-corrected chi connectivity index (χ0v) is 19.2. The largest absolute Gasteiger partial charge is 0.486 e. The monoisotopic (exact) mass is 474 g/mol. The van der Waals surface area contributed by atoms with Gasteiger partial charge in [0.05, 0.1) is 12.2 Å². The Morgan fingerprint density at radius 2 is 1.97 bits per heavy atom. The molecule has 0 saturated heterocycles. The first-order valence-corrected chi connectivity index (χ1v) is 11.4. The van der Waals surface area contributed by atoms with E-state index in [4.69, 9.17) is 32.7 Å². The summed E-state index contributed by atoms with van der Waals surface area (Å²) in [5.41, 5.74) is 1.51. The second-order valence-corrected chi connectivity index (χ2v) is 10.2. The number of hydrogen-bond acceptors (Lipinski definition) is 5. The van der Waals surface area contributed by atoms with Crippen molar-refractivity contribution in [3.05, 3.63) is 52.0 Å². The van der Waals surface area contributed by atoms with Crippen LogP contribution in [0.2, 0.25) is 10.0 Å². The van der Waals surface area contributed by atoms with Crippen molar-refractivity contribution in [3.63, 3.8) is 0 Å². The molecule has 6 nitrogen and oxygen atoms in total.